The van der Waals surface area contributed by atoms with Crippen molar-refractivity contribution < 1.29 is 0 Å². The molecule has 3 rings (SSSR count). The van der Waals surface area contributed by atoms with Gasteiger partial charge in [-0.05, 0) is 41.3 Å². The highest BCUT2D eigenvalue weighted by Crippen LogP contribution is 2.25. The second-order valence-electron chi connectivity index (χ2n) is 4.49. The molecule has 3 aromatic rings. The zero-order valence-electron chi connectivity index (χ0n) is 10.6. The van der Waals surface area contributed by atoms with Crippen LogP contribution in [0.15, 0.2) is 59.3 Å². The predicted molar refractivity (Wildman–Crippen MR) is 88.2 cm³/mol. The van der Waals surface area contributed by atoms with Crippen molar-refractivity contribution in [2.45, 2.75) is 6.54 Å². The molecule has 0 radical (unpaired) electrons. The molecule has 4 heteroatoms. The van der Waals surface area contributed by atoms with Crippen molar-refractivity contribution in [2.75, 3.05) is 5.32 Å². The molecule has 1 N–H and O–H groups in total. The third kappa shape index (κ3) is 2.79. The van der Waals surface area contributed by atoms with Crippen LogP contribution in [0.5, 0.6) is 0 Å². The number of benzene rings is 2. The summed E-state index contributed by atoms with van der Waals surface area (Å²) >= 11 is 9.67. The molecule has 0 saturated carbocycles. The van der Waals surface area contributed by atoms with E-state index in [0.29, 0.717) is 6.54 Å². The topological polar surface area (TPSA) is 24.9 Å². The van der Waals surface area contributed by atoms with Gasteiger partial charge in [-0.25, -0.2) is 0 Å². The van der Waals surface area contributed by atoms with E-state index in [2.05, 4.69) is 38.4 Å². The first kappa shape index (κ1) is 13.4. The Labute approximate surface area is 130 Å². The molecule has 20 heavy (non-hydrogen) atoms. The van der Waals surface area contributed by atoms with Crippen LogP contribution >= 0.6 is 27.5 Å². The molecule has 1 heterocycles. The second-order valence-corrected chi connectivity index (χ2v) is 5.81. The van der Waals surface area contributed by atoms with Crippen molar-refractivity contribution >= 4 is 44.0 Å². The fraction of sp³-hybridized carbons (Fsp3) is 0.0625. The lowest BCUT2D eigenvalue weighted by molar-refractivity contribution is 1.15. The van der Waals surface area contributed by atoms with Crippen LogP contribution < -0.4 is 5.32 Å². The summed E-state index contributed by atoms with van der Waals surface area (Å²) in [5, 5.41) is 6.47. The third-order valence-corrected chi connectivity index (χ3v) is 4.02. The van der Waals surface area contributed by atoms with Gasteiger partial charge in [0.15, 0.2) is 0 Å². The van der Waals surface area contributed by atoms with Gasteiger partial charge in [-0.3, -0.25) is 4.98 Å². The number of hydrogen-bond acceptors (Lipinski definition) is 2. The molecule has 0 atom stereocenters. The van der Waals surface area contributed by atoms with E-state index in [1.165, 1.54) is 5.39 Å². The van der Waals surface area contributed by atoms with Crippen LogP contribution in [0.3, 0.4) is 0 Å². The molecule has 0 aliphatic carbocycles. The highest BCUT2D eigenvalue weighted by atomic mass is 79.9. The van der Waals surface area contributed by atoms with Crippen molar-refractivity contribution in [3.05, 3.63) is 69.9 Å². The quantitative estimate of drug-likeness (QED) is 0.699. The standard InChI is InChI=1S/C16H12BrClN2/c17-13-4-5-15(18)12(8-13)9-20-16-3-1-2-11-6-7-19-10-14(11)16/h1-8,10,20H,9H2. The molecular formula is C16H12BrClN2. The molecule has 2 aromatic carbocycles. The van der Waals surface area contributed by atoms with Gasteiger partial charge in [-0.2, -0.15) is 0 Å². The molecule has 0 saturated heterocycles. The average molecular weight is 348 g/mol. The van der Waals surface area contributed by atoms with E-state index in [1.807, 2.05) is 36.5 Å². The van der Waals surface area contributed by atoms with Crippen molar-refractivity contribution in [1.29, 1.82) is 0 Å². The zero-order chi connectivity index (χ0) is 13.9. The minimum Gasteiger partial charge on any atom is -0.380 e. The summed E-state index contributed by atoms with van der Waals surface area (Å²) in [6.07, 6.45) is 3.68. The summed E-state index contributed by atoms with van der Waals surface area (Å²) in [7, 11) is 0. The summed E-state index contributed by atoms with van der Waals surface area (Å²) in [5.41, 5.74) is 2.12. The molecule has 0 aliphatic heterocycles. The molecule has 2 nitrogen and oxygen atoms in total. The van der Waals surface area contributed by atoms with Crippen LogP contribution in [0.4, 0.5) is 5.69 Å². The number of halogens is 2. The minimum atomic E-state index is 0.673. The Morgan fingerprint density at radius 2 is 2.05 bits per heavy atom. The normalized spacial score (nSPS) is 10.7. The monoisotopic (exact) mass is 346 g/mol. The van der Waals surface area contributed by atoms with Gasteiger partial charge in [0.25, 0.3) is 0 Å². The minimum absolute atomic E-state index is 0.673. The summed E-state index contributed by atoms with van der Waals surface area (Å²) in [6, 6.07) is 14.0. The average Bonchev–Trinajstić information content (AvgIpc) is 2.48. The maximum absolute atomic E-state index is 6.21. The lowest BCUT2D eigenvalue weighted by Gasteiger charge is -2.11. The highest BCUT2D eigenvalue weighted by Gasteiger charge is 2.03. The fourth-order valence-electron chi connectivity index (χ4n) is 2.14. The number of nitrogens with zero attached hydrogens (tertiary/aromatic N) is 1. The first-order valence-electron chi connectivity index (χ1n) is 6.24. The van der Waals surface area contributed by atoms with Gasteiger partial charge >= 0.3 is 0 Å². The SMILES string of the molecule is Clc1ccc(Br)cc1CNc1cccc2ccncc12. The fourth-order valence-corrected chi connectivity index (χ4v) is 2.73. The van der Waals surface area contributed by atoms with E-state index in [0.717, 1.165) is 26.1 Å². The predicted octanol–water partition coefficient (Wildman–Crippen LogP) is 5.26. The van der Waals surface area contributed by atoms with Gasteiger partial charge in [0.05, 0.1) is 0 Å². The van der Waals surface area contributed by atoms with Crippen LogP contribution in [-0.2, 0) is 6.54 Å². The van der Waals surface area contributed by atoms with E-state index in [-0.39, 0.29) is 0 Å². The van der Waals surface area contributed by atoms with Crippen molar-refractivity contribution in [1.82, 2.24) is 4.98 Å². The Kier molecular flexibility index (Phi) is 3.90. The summed E-state index contributed by atoms with van der Waals surface area (Å²) in [4.78, 5) is 4.19. The van der Waals surface area contributed by atoms with Crippen molar-refractivity contribution in [2.24, 2.45) is 0 Å². The smallest absolute Gasteiger partial charge is 0.0456 e. The van der Waals surface area contributed by atoms with E-state index in [9.17, 15) is 0 Å². The van der Waals surface area contributed by atoms with Gasteiger partial charge in [-0.15, -0.1) is 0 Å². The number of fused-ring (bicyclic) bond motifs is 1. The Hall–Kier alpha value is -1.58. The highest BCUT2D eigenvalue weighted by molar-refractivity contribution is 9.10. The van der Waals surface area contributed by atoms with Crippen molar-refractivity contribution in [3.63, 3.8) is 0 Å². The lowest BCUT2D eigenvalue weighted by Crippen LogP contribution is -2.00. The first-order chi connectivity index (χ1) is 9.74. The molecule has 0 fully saturated rings. The van der Waals surface area contributed by atoms with Gasteiger partial charge in [0.2, 0.25) is 0 Å². The molecular weight excluding hydrogens is 336 g/mol. The van der Waals surface area contributed by atoms with E-state index in [1.54, 1.807) is 6.20 Å². The maximum atomic E-state index is 6.21. The largest absolute Gasteiger partial charge is 0.380 e. The Morgan fingerprint density at radius 3 is 2.95 bits per heavy atom. The summed E-state index contributed by atoms with van der Waals surface area (Å²) in [6.45, 7) is 0.673. The third-order valence-electron chi connectivity index (χ3n) is 3.16. The molecule has 0 unspecified atom stereocenters. The number of aromatic nitrogens is 1. The Bertz CT molecular complexity index is 753. The molecule has 1 aromatic heterocycles. The van der Waals surface area contributed by atoms with Crippen LogP contribution in [0, 0.1) is 0 Å². The molecule has 100 valence electrons. The number of rotatable bonds is 3. The number of anilines is 1. The van der Waals surface area contributed by atoms with E-state index < -0.39 is 0 Å². The Morgan fingerprint density at radius 1 is 1.15 bits per heavy atom. The zero-order valence-corrected chi connectivity index (χ0v) is 12.9. The Balaban J connectivity index is 1.89. The van der Waals surface area contributed by atoms with Gasteiger partial charge < -0.3 is 5.32 Å². The number of hydrogen-bond donors (Lipinski definition) is 1. The van der Waals surface area contributed by atoms with Gasteiger partial charge in [0, 0.05) is 39.5 Å². The maximum Gasteiger partial charge on any atom is 0.0456 e. The first-order valence-corrected chi connectivity index (χ1v) is 7.42. The van der Waals surface area contributed by atoms with Crippen LogP contribution in [0.25, 0.3) is 10.8 Å². The molecule has 0 amide bonds. The lowest BCUT2D eigenvalue weighted by atomic mass is 10.1. The summed E-state index contributed by atoms with van der Waals surface area (Å²) in [5.74, 6) is 0. The van der Waals surface area contributed by atoms with Crippen molar-refractivity contribution in [3.8, 4) is 0 Å². The summed E-state index contributed by atoms with van der Waals surface area (Å²) < 4.78 is 1.03. The molecule has 0 bridgehead atoms. The van der Waals surface area contributed by atoms with Gasteiger partial charge in [0.1, 0.15) is 0 Å². The number of pyridine rings is 1. The molecule has 0 aliphatic rings. The number of nitrogens with one attached hydrogen (secondary N) is 1. The van der Waals surface area contributed by atoms with Gasteiger partial charge in [-0.1, -0.05) is 39.7 Å². The van der Waals surface area contributed by atoms with Crippen LogP contribution in [0.2, 0.25) is 5.02 Å². The second kappa shape index (κ2) is 5.81. The van der Waals surface area contributed by atoms with E-state index in [4.69, 9.17) is 11.6 Å². The van der Waals surface area contributed by atoms with Crippen LogP contribution in [-0.4, -0.2) is 4.98 Å². The van der Waals surface area contributed by atoms with Crippen LogP contribution in [0.1, 0.15) is 5.56 Å². The van der Waals surface area contributed by atoms with E-state index >= 15 is 0 Å². The molecule has 0 spiro atoms.